The number of carbonyl (C=O) groups is 1. The Kier molecular flexibility index (Phi) is 6.15. The summed E-state index contributed by atoms with van der Waals surface area (Å²) in [5.41, 5.74) is 1.52. The molecule has 24 heavy (non-hydrogen) atoms. The molecule has 126 valence electrons. The zero-order chi connectivity index (χ0) is 17.6. The minimum atomic E-state index is -0.515. The highest BCUT2D eigenvalue weighted by atomic mass is 79.9. The smallest absolute Gasteiger partial charge is 0.344 e. The van der Waals surface area contributed by atoms with Gasteiger partial charge < -0.3 is 9.47 Å². The summed E-state index contributed by atoms with van der Waals surface area (Å²) in [7, 11) is 0. The molecule has 0 spiro atoms. The molecule has 0 saturated heterocycles. The molecule has 2 rings (SSSR count). The minimum absolute atomic E-state index is 0.124. The molecule has 0 aliphatic carbocycles. The quantitative estimate of drug-likeness (QED) is 0.693. The van der Waals surface area contributed by atoms with Gasteiger partial charge in [-0.3, -0.25) is 4.98 Å². The van der Waals surface area contributed by atoms with Crippen LogP contribution in [0.25, 0.3) is 12.2 Å². The second kappa shape index (κ2) is 8.11. The van der Waals surface area contributed by atoms with Gasteiger partial charge in [0.25, 0.3) is 0 Å². The van der Waals surface area contributed by atoms with Crippen LogP contribution in [0.15, 0.2) is 47.2 Å². The fourth-order valence-corrected chi connectivity index (χ4v) is 2.42. The third kappa shape index (κ3) is 6.16. The van der Waals surface area contributed by atoms with Crippen molar-refractivity contribution >= 4 is 34.1 Å². The maximum atomic E-state index is 11.7. The lowest BCUT2D eigenvalue weighted by Crippen LogP contribution is -2.27. The fourth-order valence-electron chi connectivity index (χ4n) is 1.91. The summed E-state index contributed by atoms with van der Waals surface area (Å²) < 4.78 is 11.5. The highest BCUT2D eigenvalue weighted by Gasteiger charge is 2.16. The number of rotatable bonds is 5. The van der Waals surface area contributed by atoms with Gasteiger partial charge in [0, 0.05) is 12.4 Å². The summed E-state index contributed by atoms with van der Waals surface area (Å²) in [6, 6.07) is 9.54. The average Bonchev–Trinajstić information content (AvgIpc) is 2.51. The van der Waals surface area contributed by atoms with Gasteiger partial charge in [0.1, 0.15) is 11.4 Å². The van der Waals surface area contributed by atoms with E-state index in [0.29, 0.717) is 5.75 Å². The zero-order valence-corrected chi connectivity index (χ0v) is 15.5. The molecule has 0 unspecified atom stereocenters. The van der Waals surface area contributed by atoms with E-state index < -0.39 is 11.6 Å². The van der Waals surface area contributed by atoms with E-state index in [9.17, 15) is 4.79 Å². The topological polar surface area (TPSA) is 48.4 Å². The van der Waals surface area contributed by atoms with E-state index in [-0.39, 0.29) is 6.61 Å². The van der Waals surface area contributed by atoms with E-state index >= 15 is 0 Å². The van der Waals surface area contributed by atoms with E-state index in [0.717, 1.165) is 15.6 Å². The predicted molar refractivity (Wildman–Crippen MR) is 98.6 cm³/mol. The Morgan fingerprint density at radius 2 is 1.96 bits per heavy atom. The molecule has 4 nitrogen and oxygen atoms in total. The van der Waals surface area contributed by atoms with Gasteiger partial charge >= 0.3 is 5.97 Å². The monoisotopic (exact) mass is 389 g/mol. The largest absolute Gasteiger partial charge is 0.481 e. The Bertz CT molecular complexity index is 721. The van der Waals surface area contributed by atoms with Gasteiger partial charge in [0.2, 0.25) is 0 Å². The molecule has 0 fully saturated rings. The van der Waals surface area contributed by atoms with Crippen molar-refractivity contribution in [2.24, 2.45) is 0 Å². The molecule has 1 aromatic carbocycles. The first-order chi connectivity index (χ1) is 11.3. The molecule has 1 aromatic heterocycles. The van der Waals surface area contributed by atoms with Crippen molar-refractivity contribution in [1.82, 2.24) is 4.98 Å². The van der Waals surface area contributed by atoms with Crippen LogP contribution in [0.3, 0.4) is 0 Å². The van der Waals surface area contributed by atoms with Gasteiger partial charge in [-0.15, -0.1) is 0 Å². The van der Waals surface area contributed by atoms with E-state index in [4.69, 9.17) is 9.47 Å². The zero-order valence-electron chi connectivity index (χ0n) is 14.0. The number of aromatic nitrogens is 1. The Labute approximate surface area is 150 Å². The number of pyridine rings is 1. The number of esters is 1. The van der Waals surface area contributed by atoms with E-state index in [1.807, 2.05) is 63.3 Å². The molecular weight excluding hydrogens is 370 g/mol. The van der Waals surface area contributed by atoms with Crippen LogP contribution in [0, 0.1) is 0 Å². The number of nitrogens with zero attached hydrogens (tertiary/aromatic N) is 1. The molecule has 0 bridgehead atoms. The first-order valence-electron chi connectivity index (χ1n) is 7.56. The van der Waals surface area contributed by atoms with Crippen LogP contribution in [0.4, 0.5) is 0 Å². The van der Waals surface area contributed by atoms with Crippen molar-refractivity contribution in [3.63, 3.8) is 0 Å². The van der Waals surface area contributed by atoms with Crippen molar-refractivity contribution in [1.29, 1.82) is 0 Å². The summed E-state index contributed by atoms with van der Waals surface area (Å²) >= 11 is 3.46. The SMILES string of the molecule is CC(C)(C)OC(=O)COc1ccc(C=Cc2cccnc2)cc1Br. The Balaban J connectivity index is 1.97. The summed E-state index contributed by atoms with van der Waals surface area (Å²) in [6.45, 7) is 5.35. The Morgan fingerprint density at radius 3 is 2.58 bits per heavy atom. The molecule has 0 amide bonds. The van der Waals surface area contributed by atoms with Gasteiger partial charge in [-0.2, -0.15) is 0 Å². The highest BCUT2D eigenvalue weighted by Crippen LogP contribution is 2.27. The number of carbonyl (C=O) groups excluding carboxylic acids is 1. The lowest BCUT2D eigenvalue weighted by Gasteiger charge is -2.19. The molecule has 0 saturated carbocycles. The number of ether oxygens (including phenoxy) is 2. The molecule has 0 aliphatic heterocycles. The third-order valence-corrected chi connectivity index (χ3v) is 3.49. The van der Waals surface area contributed by atoms with Crippen LogP contribution in [0.1, 0.15) is 31.9 Å². The van der Waals surface area contributed by atoms with Gasteiger partial charge in [-0.05, 0) is 66.0 Å². The number of benzene rings is 1. The first-order valence-corrected chi connectivity index (χ1v) is 8.35. The van der Waals surface area contributed by atoms with Crippen LogP contribution in [-0.4, -0.2) is 23.2 Å². The number of hydrogen-bond donors (Lipinski definition) is 0. The molecule has 0 atom stereocenters. The number of hydrogen-bond acceptors (Lipinski definition) is 4. The summed E-state index contributed by atoms with van der Waals surface area (Å²) in [5.74, 6) is 0.203. The predicted octanol–water partition coefficient (Wildman–Crippen LogP) is 4.74. The van der Waals surface area contributed by atoms with Gasteiger partial charge in [-0.25, -0.2) is 4.79 Å². The van der Waals surface area contributed by atoms with Crippen LogP contribution in [0.2, 0.25) is 0 Å². The van der Waals surface area contributed by atoms with Gasteiger partial charge in [0.05, 0.1) is 4.47 Å². The standard InChI is InChI=1S/C19H20BrNO3/c1-19(2,3)24-18(22)13-23-17-9-8-14(11-16(17)20)6-7-15-5-4-10-21-12-15/h4-12H,13H2,1-3H3. The molecule has 1 heterocycles. The van der Waals surface area contributed by atoms with Crippen LogP contribution in [0.5, 0.6) is 5.75 Å². The lowest BCUT2D eigenvalue weighted by molar-refractivity contribution is -0.157. The van der Waals surface area contributed by atoms with Crippen molar-refractivity contribution in [2.75, 3.05) is 6.61 Å². The maximum absolute atomic E-state index is 11.7. The average molecular weight is 390 g/mol. The second-order valence-corrected chi connectivity index (χ2v) is 7.04. The van der Waals surface area contributed by atoms with Crippen molar-refractivity contribution in [3.05, 3.63) is 58.3 Å². The Morgan fingerprint density at radius 1 is 1.21 bits per heavy atom. The second-order valence-electron chi connectivity index (χ2n) is 6.18. The highest BCUT2D eigenvalue weighted by molar-refractivity contribution is 9.10. The molecule has 0 aliphatic rings. The first kappa shape index (κ1) is 18.2. The third-order valence-electron chi connectivity index (χ3n) is 2.87. The molecular formula is C19H20BrNO3. The van der Waals surface area contributed by atoms with Crippen LogP contribution < -0.4 is 4.74 Å². The summed E-state index contributed by atoms with van der Waals surface area (Å²) in [6.07, 6.45) is 7.50. The normalized spacial score (nSPS) is 11.5. The summed E-state index contributed by atoms with van der Waals surface area (Å²) in [5, 5.41) is 0. The van der Waals surface area contributed by atoms with Crippen molar-refractivity contribution < 1.29 is 14.3 Å². The molecule has 0 radical (unpaired) electrons. The summed E-state index contributed by atoms with van der Waals surface area (Å²) in [4.78, 5) is 15.8. The van der Waals surface area contributed by atoms with E-state index in [1.54, 1.807) is 12.4 Å². The van der Waals surface area contributed by atoms with E-state index in [2.05, 4.69) is 20.9 Å². The van der Waals surface area contributed by atoms with Gasteiger partial charge in [-0.1, -0.05) is 24.3 Å². The van der Waals surface area contributed by atoms with Gasteiger partial charge in [0.15, 0.2) is 6.61 Å². The van der Waals surface area contributed by atoms with Crippen molar-refractivity contribution in [2.45, 2.75) is 26.4 Å². The molecule has 2 aromatic rings. The van der Waals surface area contributed by atoms with Crippen LogP contribution in [-0.2, 0) is 9.53 Å². The fraction of sp³-hybridized carbons (Fsp3) is 0.263. The van der Waals surface area contributed by atoms with E-state index in [1.165, 1.54) is 0 Å². The molecule has 5 heteroatoms. The molecule has 0 N–H and O–H groups in total. The maximum Gasteiger partial charge on any atom is 0.344 e. The van der Waals surface area contributed by atoms with Crippen molar-refractivity contribution in [3.8, 4) is 5.75 Å². The Hall–Kier alpha value is -2.14. The lowest BCUT2D eigenvalue weighted by atomic mass is 10.1. The van der Waals surface area contributed by atoms with Crippen LogP contribution >= 0.6 is 15.9 Å². The number of halogens is 1. The minimum Gasteiger partial charge on any atom is -0.481 e.